The molecular weight excluding hydrogens is 452 g/mol. The predicted molar refractivity (Wildman–Crippen MR) is 135 cm³/mol. The average Bonchev–Trinajstić information content (AvgIpc) is 2.83. The number of carbonyl (C=O) groups excluding carboxylic acids is 1. The van der Waals surface area contributed by atoms with Gasteiger partial charge >= 0.3 is 5.97 Å². The first-order valence-corrected chi connectivity index (χ1v) is 11.5. The Kier molecular flexibility index (Phi) is 9.58. The van der Waals surface area contributed by atoms with Crippen molar-refractivity contribution in [2.45, 2.75) is 39.0 Å². The number of carbonyl (C=O) groups is 1. The third kappa shape index (κ3) is 7.38. The van der Waals surface area contributed by atoms with Gasteiger partial charge in [0, 0.05) is 28.7 Å². The van der Waals surface area contributed by atoms with Crippen LogP contribution >= 0.6 is 11.6 Å². The van der Waals surface area contributed by atoms with Gasteiger partial charge in [0.2, 0.25) is 5.95 Å². The molecule has 0 saturated heterocycles. The Hall–Kier alpha value is -3.26. The number of anilines is 2. The van der Waals surface area contributed by atoms with Crippen molar-refractivity contribution in [2.24, 2.45) is 0 Å². The highest BCUT2D eigenvalue weighted by Gasteiger charge is 2.24. The molecule has 1 heterocycles. The molecule has 0 radical (unpaired) electrons. The Balaban J connectivity index is 1.65. The van der Waals surface area contributed by atoms with E-state index in [1.54, 1.807) is 24.5 Å². The summed E-state index contributed by atoms with van der Waals surface area (Å²) in [6.07, 6.45) is 7.08. The largest absolute Gasteiger partial charge is 0.465 e. The Bertz CT molecular complexity index is 1070. The molecule has 3 N–H and O–H groups in total. The number of nitrogens with one attached hydrogen (secondary N) is 2. The number of aryl methyl sites for hydroxylation is 1. The lowest BCUT2D eigenvalue weighted by Crippen LogP contribution is -2.40. The van der Waals surface area contributed by atoms with Gasteiger partial charge < -0.3 is 15.2 Å². The minimum absolute atomic E-state index is 0.321. The molecule has 0 spiro atoms. The van der Waals surface area contributed by atoms with Crippen LogP contribution in [0.2, 0.25) is 5.02 Å². The second-order valence-electron chi connectivity index (χ2n) is 7.72. The Morgan fingerprint density at radius 2 is 1.88 bits per heavy atom. The predicted octanol–water partition coefficient (Wildman–Crippen LogP) is 5.19. The topological polar surface area (TPSA) is 96.4 Å². The lowest BCUT2D eigenvalue weighted by Gasteiger charge is -2.22. The zero-order valence-corrected chi connectivity index (χ0v) is 20.0. The summed E-state index contributed by atoms with van der Waals surface area (Å²) in [7, 11) is 0. The number of aliphatic hydroxyl groups excluding tert-OH is 1. The van der Waals surface area contributed by atoms with E-state index in [4.69, 9.17) is 16.3 Å². The van der Waals surface area contributed by atoms with Gasteiger partial charge in [0.1, 0.15) is 12.3 Å². The number of rotatable bonds is 11. The molecule has 0 amide bonds. The van der Waals surface area contributed by atoms with Gasteiger partial charge in [-0.25, -0.2) is 9.97 Å². The van der Waals surface area contributed by atoms with Crippen LogP contribution in [0.1, 0.15) is 42.7 Å². The van der Waals surface area contributed by atoms with Gasteiger partial charge in [0.25, 0.3) is 0 Å². The molecule has 0 fully saturated rings. The highest BCUT2D eigenvalue weighted by atomic mass is 35.5. The number of halogens is 1. The van der Waals surface area contributed by atoms with Crippen molar-refractivity contribution in [3.63, 3.8) is 0 Å². The summed E-state index contributed by atoms with van der Waals surface area (Å²) in [6, 6.07) is 14.1. The first-order chi connectivity index (χ1) is 16.5. The van der Waals surface area contributed by atoms with E-state index in [2.05, 4.69) is 20.6 Å². The van der Waals surface area contributed by atoms with Gasteiger partial charge in [0.15, 0.2) is 0 Å². The molecule has 34 heavy (non-hydrogen) atoms. The fourth-order valence-electron chi connectivity index (χ4n) is 3.31. The number of hydrogen-bond donors (Lipinski definition) is 3. The molecule has 8 heteroatoms. The zero-order chi connectivity index (χ0) is 24.3. The van der Waals surface area contributed by atoms with E-state index < -0.39 is 18.2 Å². The maximum atomic E-state index is 12.6. The number of esters is 1. The minimum atomic E-state index is -1.10. The SMILES string of the molecule is CCCOC(=O)C(C/C=C/c1ccc(Nc2ncccn2)cc1)NC(O)c1c(C)cccc1Cl. The molecule has 0 aliphatic carbocycles. The van der Waals surface area contributed by atoms with Gasteiger partial charge in [-0.1, -0.05) is 54.9 Å². The quantitative estimate of drug-likeness (QED) is 0.257. The van der Waals surface area contributed by atoms with Crippen LogP contribution < -0.4 is 10.6 Å². The molecule has 2 aromatic carbocycles. The molecule has 0 aliphatic heterocycles. The second kappa shape index (κ2) is 12.8. The van der Waals surface area contributed by atoms with Gasteiger partial charge in [0.05, 0.1) is 6.61 Å². The van der Waals surface area contributed by atoms with E-state index in [0.29, 0.717) is 29.6 Å². The average molecular weight is 481 g/mol. The molecule has 7 nitrogen and oxygen atoms in total. The molecule has 2 atom stereocenters. The first kappa shape index (κ1) is 25.4. The summed E-state index contributed by atoms with van der Waals surface area (Å²) in [5.74, 6) is 0.107. The number of ether oxygens (including phenoxy) is 1. The summed E-state index contributed by atoms with van der Waals surface area (Å²) in [5.41, 5.74) is 3.21. The van der Waals surface area contributed by atoms with Crippen molar-refractivity contribution in [2.75, 3.05) is 11.9 Å². The summed E-state index contributed by atoms with van der Waals surface area (Å²) < 4.78 is 5.33. The van der Waals surface area contributed by atoms with Crippen molar-refractivity contribution in [3.05, 3.63) is 88.7 Å². The van der Waals surface area contributed by atoms with Crippen LogP contribution in [0.3, 0.4) is 0 Å². The Morgan fingerprint density at radius 1 is 1.15 bits per heavy atom. The molecule has 0 aliphatic rings. The molecule has 2 unspecified atom stereocenters. The van der Waals surface area contributed by atoms with Crippen molar-refractivity contribution in [1.82, 2.24) is 15.3 Å². The van der Waals surface area contributed by atoms with Crippen LogP contribution in [0.15, 0.2) is 67.0 Å². The van der Waals surface area contributed by atoms with E-state index in [-0.39, 0.29) is 0 Å². The van der Waals surface area contributed by atoms with E-state index >= 15 is 0 Å². The second-order valence-corrected chi connectivity index (χ2v) is 8.12. The smallest absolute Gasteiger partial charge is 0.323 e. The standard InChI is InChI=1S/C26H29ClN4O3/c1-3-17-34-25(33)22(31-24(32)23-18(2)7-4-9-21(23)27)10-5-8-19-11-13-20(14-12-19)30-26-28-15-6-16-29-26/h4-9,11-16,22,24,31-32H,3,10,17H2,1-2H3,(H,28,29,30)/b8-5+. The summed E-state index contributed by atoms with van der Waals surface area (Å²) >= 11 is 6.28. The lowest BCUT2D eigenvalue weighted by molar-refractivity contribution is -0.147. The molecule has 3 rings (SSSR count). The molecule has 0 saturated carbocycles. The number of hydrogen-bond acceptors (Lipinski definition) is 7. The number of nitrogens with zero attached hydrogens (tertiary/aromatic N) is 2. The summed E-state index contributed by atoms with van der Waals surface area (Å²) in [6.45, 7) is 4.11. The number of aromatic nitrogens is 2. The molecule has 178 valence electrons. The first-order valence-electron chi connectivity index (χ1n) is 11.1. The third-order valence-electron chi connectivity index (χ3n) is 5.05. The van der Waals surface area contributed by atoms with Crippen LogP contribution in [0.4, 0.5) is 11.6 Å². The number of benzene rings is 2. The Labute approximate surface area is 204 Å². The third-order valence-corrected chi connectivity index (χ3v) is 5.38. The van der Waals surface area contributed by atoms with Crippen LogP contribution in [0.5, 0.6) is 0 Å². The van der Waals surface area contributed by atoms with Crippen LogP contribution in [0.25, 0.3) is 6.08 Å². The maximum Gasteiger partial charge on any atom is 0.323 e. The molecule has 3 aromatic rings. The van der Waals surface area contributed by atoms with Gasteiger partial charge in [-0.05, 0) is 55.2 Å². The van der Waals surface area contributed by atoms with Crippen molar-refractivity contribution >= 4 is 35.3 Å². The van der Waals surface area contributed by atoms with E-state index in [1.165, 1.54) is 0 Å². The summed E-state index contributed by atoms with van der Waals surface area (Å²) in [4.78, 5) is 20.9. The normalized spacial score (nSPS) is 12.9. The van der Waals surface area contributed by atoms with Crippen LogP contribution in [-0.4, -0.2) is 33.7 Å². The monoisotopic (exact) mass is 480 g/mol. The maximum absolute atomic E-state index is 12.6. The fourth-order valence-corrected chi connectivity index (χ4v) is 3.64. The van der Waals surface area contributed by atoms with Crippen molar-refractivity contribution in [3.8, 4) is 0 Å². The van der Waals surface area contributed by atoms with E-state index in [9.17, 15) is 9.90 Å². The molecular formula is C26H29ClN4O3. The highest BCUT2D eigenvalue weighted by Crippen LogP contribution is 2.25. The molecule has 0 bridgehead atoms. The van der Waals surface area contributed by atoms with Gasteiger partial charge in [-0.3, -0.25) is 10.1 Å². The minimum Gasteiger partial charge on any atom is -0.465 e. The van der Waals surface area contributed by atoms with Crippen molar-refractivity contribution < 1.29 is 14.6 Å². The van der Waals surface area contributed by atoms with Gasteiger partial charge in [-0.15, -0.1) is 0 Å². The van der Waals surface area contributed by atoms with Crippen LogP contribution in [0, 0.1) is 6.92 Å². The van der Waals surface area contributed by atoms with Crippen LogP contribution in [-0.2, 0) is 9.53 Å². The zero-order valence-electron chi connectivity index (χ0n) is 19.2. The van der Waals surface area contributed by atoms with Crippen molar-refractivity contribution in [1.29, 1.82) is 0 Å². The fraction of sp³-hybridized carbons (Fsp3) is 0.269. The number of aliphatic hydroxyl groups is 1. The van der Waals surface area contributed by atoms with Gasteiger partial charge in [-0.2, -0.15) is 0 Å². The highest BCUT2D eigenvalue weighted by molar-refractivity contribution is 6.31. The molecule has 1 aromatic heterocycles. The van der Waals surface area contributed by atoms with E-state index in [0.717, 1.165) is 23.2 Å². The van der Waals surface area contributed by atoms with E-state index in [1.807, 2.05) is 62.4 Å². The summed E-state index contributed by atoms with van der Waals surface area (Å²) in [5, 5.41) is 17.3. The lowest BCUT2D eigenvalue weighted by atomic mass is 10.1. The Morgan fingerprint density at radius 3 is 2.56 bits per heavy atom.